The molecule has 0 spiro atoms. The van der Waals surface area contributed by atoms with Crippen molar-refractivity contribution in [1.82, 2.24) is 19.9 Å². The van der Waals surface area contributed by atoms with Gasteiger partial charge in [0, 0.05) is 67.0 Å². The number of pyridine rings is 1. The molecule has 2 aromatic heterocycles. The maximum absolute atomic E-state index is 13.3. The SMILES string of the molecule is CN1CC[C@@H](Nc2ccc(-c3cnc(N)c(C(=O)Cc4cnccc4N4CCOCC4)n3)cc2)C1. The second-order valence-electron chi connectivity index (χ2n) is 9.16. The van der Waals surface area contributed by atoms with Crippen LogP contribution in [0.15, 0.2) is 48.9 Å². The molecular weight excluding hydrogens is 442 g/mol. The van der Waals surface area contributed by atoms with Gasteiger partial charge in [0.05, 0.1) is 25.1 Å². The Balaban J connectivity index is 1.32. The Bertz CT molecular complexity index is 1180. The predicted octanol–water partition coefficient (Wildman–Crippen LogP) is 2.50. The van der Waals surface area contributed by atoms with Crippen molar-refractivity contribution in [1.29, 1.82) is 0 Å². The lowest BCUT2D eigenvalue weighted by Crippen LogP contribution is -2.37. The smallest absolute Gasteiger partial charge is 0.189 e. The third kappa shape index (κ3) is 5.41. The fraction of sp³-hybridized carbons (Fsp3) is 0.385. The van der Waals surface area contributed by atoms with Gasteiger partial charge in [-0.15, -0.1) is 0 Å². The van der Waals surface area contributed by atoms with Crippen LogP contribution < -0.4 is 16.0 Å². The van der Waals surface area contributed by atoms with Crippen molar-refractivity contribution in [3.63, 3.8) is 0 Å². The van der Waals surface area contributed by atoms with Crippen molar-refractivity contribution in [3.05, 3.63) is 60.2 Å². The average Bonchev–Trinajstić information content (AvgIpc) is 3.30. The molecule has 0 aliphatic carbocycles. The van der Waals surface area contributed by atoms with Crippen molar-refractivity contribution >= 4 is 23.0 Å². The van der Waals surface area contributed by atoms with Crippen LogP contribution in [0.3, 0.4) is 0 Å². The zero-order valence-electron chi connectivity index (χ0n) is 20.0. The number of morpholine rings is 1. The maximum atomic E-state index is 13.3. The Hall–Kier alpha value is -3.56. The maximum Gasteiger partial charge on any atom is 0.189 e. The molecular formula is C26H31N7O2. The van der Waals surface area contributed by atoms with E-state index in [1.54, 1.807) is 18.6 Å². The number of aromatic nitrogens is 3. The number of rotatable bonds is 7. The van der Waals surface area contributed by atoms with Gasteiger partial charge in [-0.1, -0.05) is 12.1 Å². The van der Waals surface area contributed by atoms with Gasteiger partial charge in [-0.25, -0.2) is 9.97 Å². The summed E-state index contributed by atoms with van der Waals surface area (Å²) in [6.07, 6.45) is 6.39. The summed E-state index contributed by atoms with van der Waals surface area (Å²) in [4.78, 5) is 30.9. The van der Waals surface area contributed by atoms with E-state index >= 15 is 0 Å². The summed E-state index contributed by atoms with van der Waals surface area (Å²) in [6, 6.07) is 10.5. The summed E-state index contributed by atoms with van der Waals surface area (Å²) < 4.78 is 5.46. The van der Waals surface area contributed by atoms with Gasteiger partial charge in [-0.3, -0.25) is 9.78 Å². The highest BCUT2D eigenvalue weighted by Crippen LogP contribution is 2.25. The number of nitrogens with zero attached hydrogens (tertiary/aromatic N) is 5. The number of anilines is 3. The van der Waals surface area contributed by atoms with Crippen molar-refractivity contribution in [2.45, 2.75) is 18.9 Å². The summed E-state index contributed by atoms with van der Waals surface area (Å²) in [7, 11) is 2.14. The van der Waals surface area contributed by atoms with E-state index in [4.69, 9.17) is 10.5 Å². The standard InChI is InChI=1S/C26H31N7O2/c1-32-9-7-21(17-32)30-20-4-2-18(3-5-20)22-16-29-26(27)25(31-22)24(34)14-19-15-28-8-6-23(19)33-10-12-35-13-11-33/h2-6,8,15-16,21,30H,7,9-14,17H2,1H3,(H2,27,29)/t21-/m1/s1. The first-order valence-electron chi connectivity index (χ1n) is 12.0. The molecule has 1 aromatic carbocycles. The predicted molar refractivity (Wildman–Crippen MR) is 137 cm³/mol. The number of hydrogen-bond donors (Lipinski definition) is 2. The fourth-order valence-electron chi connectivity index (χ4n) is 4.69. The van der Waals surface area contributed by atoms with Crippen LogP contribution in [-0.4, -0.2) is 78.1 Å². The van der Waals surface area contributed by atoms with Gasteiger partial charge in [0.25, 0.3) is 0 Å². The molecule has 0 radical (unpaired) electrons. The first-order valence-corrected chi connectivity index (χ1v) is 12.0. The Labute approximate surface area is 205 Å². The molecule has 35 heavy (non-hydrogen) atoms. The van der Waals surface area contributed by atoms with E-state index in [0.717, 1.165) is 55.1 Å². The topological polar surface area (TPSA) is 110 Å². The molecule has 5 rings (SSSR count). The van der Waals surface area contributed by atoms with Crippen LogP contribution in [0.4, 0.5) is 17.2 Å². The summed E-state index contributed by atoms with van der Waals surface area (Å²) in [5, 5.41) is 3.58. The molecule has 3 aromatic rings. The molecule has 2 aliphatic rings. The van der Waals surface area contributed by atoms with Crippen molar-refractivity contribution in [3.8, 4) is 11.3 Å². The van der Waals surface area contributed by atoms with E-state index in [1.807, 2.05) is 30.3 Å². The molecule has 0 amide bonds. The Kier molecular flexibility index (Phi) is 6.87. The Morgan fingerprint density at radius 2 is 1.94 bits per heavy atom. The van der Waals surface area contributed by atoms with Crippen LogP contribution in [-0.2, 0) is 11.2 Å². The van der Waals surface area contributed by atoms with E-state index in [9.17, 15) is 4.79 Å². The molecule has 9 nitrogen and oxygen atoms in total. The first-order chi connectivity index (χ1) is 17.1. The number of hydrogen-bond acceptors (Lipinski definition) is 9. The zero-order chi connectivity index (χ0) is 24.2. The van der Waals surface area contributed by atoms with E-state index in [-0.39, 0.29) is 23.7 Å². The molecule has 2 fully saturated rings. The van der Waals surface area contributed by atoms with Gasteiger partial charge >= 0.3 is 0 Å². The quantitative estimate of drug-likeness (QED) is 0.500. The molecule has 3 N–H and O–H groups in total. The van der Waals surface area contributed by atoms with E-state index in [2.05, 4.69) is 37.1 Å². The third-order valence-corrected chi connectivity index (χ3v) is 6.59. The Morgan fingerprint density at radius 1 is 1.14 bits per heavy atom. The Morgan fingerprint density at radius 3 is 2.69 bits per heavy atom. The van der Waals surface area contributed by atoms with Gasteiger partial charge in [-0.2, -0.15) is 0 Å². The van der Waals surface area contributed by atoms with Crippen molar-refractivity contribution < 1.29 is 9.53 Å². The van der Waals surface area contributed by atoms with Crippen LogP contribution in [0.5, 0.6) is 0 Å². The van der Waals surface area contributed by atoms with Crippen LogP contribution in [0.25, 0.3) is 11.3 Å². The minimum Gasteiger partial charge on any atom is -0.382 e. The number of Topliss-reactive ketones (excluding diaryl/α,β-unsaturated/α-hetero) is 1. The zero-order valence-corrected chi connectivity index (χ0v) is 20.0. The molecule has 4 heterocycles. The summed E-state index contributed by atoms with van der Waals surface area (Å²) in [5.74, 6) is -0.0396. The third-order valence-electron chi connectivity index (χ3n) is 6.59. The van der Waals surface area contributed by atoms with Crippen LogP contribution >= 0.6 is 0 Å². The number of nitrogens with two attached hydrogens (primary N) is 1. The highest BCUT2D eigenvalue weighted by Gasteiger charge is 2.21. The molecule has 0 unspecified atom stereocenters. The second-order valence-corrected chi connectivity index (χ2v) is 9.16. The van der Waals surface area contributed by atoms with Gasteiger partial charge in [0.1, 0.15) is 5.69 Å². The molecule has 0 bridgehead atoms. The van der Waals surface area contributed by atoms with Gasteiger partial charge in [-0.05, 0) is 38.2 Å². The van der Waals surface area contributed by atoms with Crippen molar-refractivity contribution in [2.75, 3.05) is 62.4 Å². The van der Waals surface area contributed by atoms with Crippen LogP contribution in [0.1, 0.15) is 22.5 Å². The number of likely N-dealkylation sites (N-methyl/N-ethyl adjacent to an activating group) is 1. The van der Waals surface area contributed by atoms with Gasteiger partial charge in [0.15, 0.2) is 11.6 Å². The van der Waals surface area contributed by atoms with E-state index in [1.165, 1.54) is 0 Å². The minimum atomic E-state index is -0.178. The molecule has 1 atom stereocenters. The fourth-order valence-corrected chi connectivity index (χ4v) is 4.69. The lowest BCUT2D eigenvalue weighted by atomic mass is 10.1. The average molecular weight is 474 g/mol. The lowest BCUT2D eigenvalue weighted by Gasteiger charge is -2.30. The number of nitrogens with one attached hydrogen (secondary N) is 1. The monoisotopic (exact) mass is 473 g/mol. The first kappa shape index (κ1) is 23.2. The normalized spacial score (nSPS) is 18.5. The largest absolute Gasteiger partial charge is 0.382 e. The highest BCUT2D eigenvalue weighted by molar-refractivity contribution is 6.00. The number of benzene rings is 1. The van der Waals surface area contributed by atoms with Crippen LogP contribution in [0, 0.1) is 0 Å². The molecule has 2 aliphatic heterocycles. The molecule has 2 saturated heterocycles. The van der Waals surface area contributed by atoms with Crippen LogP contribution in [0.2, 0.25) is 0 Å². The summed E-state index contributed by atoms with van der Waals surface area (Å²) in [6.45, 7) is 5.06. The number of carbonyl (C=O) groups is 1. The number of ether oxygens (including phenoxy) is 1. The van der Waals surface area contributed by atoms with Gasteiger partial charge in [0.2, 0.25) is 0 Å². The van der Waals surface area contributed by atoms with E-state index in [0.29, 0.717) is 24.9 Å². The number of likely N-dealkylation sites (tertiary alicyclic amines) is 1. The van der Waals surface area contributed by atoms with Crippen molar-refractivity contribution in [2.24, 2.45) is 0 Å². The summed E-state index contributed by atoms with van der Waals surface area (Å²) in [5.41, 5.74) is 10.7. The van der Waals surface area contributed by atoms with E-state index < -0.39 is 0 Å². The minimum absolute atomic E-state index is 0.138. The summed E-state index contributed by atoms with van der Waals surface area (Å²) >= 11 is 0. The molecule has 9 heteroatoms. The second kappa shape index (κ2) is 10.4. The molecule has 182 valence electrons. The highest BCUT2D eigenvalue weighted by atomic mass is 16.5. The lowest BCUT2D eigenvalue weighted by molar-refractivity contribution is 0.0988. The molecule has 0 saturated carbocycles. The van der Waals surface area contributed by atoms with Gasteiger partial charge < -0.3 is 25.6 Å². The number of ketones is 1. The number of nitrogen functional groups attached to an aromatic ring is 1. The number of carbonyl (C=O) groups excluding carboxylic acids is 1.